The molecule has 10 heteroatoms. The number of nitrogens with zero attached hydrogens (tertiary/aromatic N) is 4. The Morgan fingerprint density at radius 3 is 2.77 bits per heavy atom. The number of fused-ring (bicyclic) bond motifs is 5. The lowest BCUT2D eigenvalue weighted by atomic mass is 10.0. The van der Waals surface area contributed by atoms with Gasteiger partial charge in [0.2, 0.25) is 5.91 Å². The number of pyridine rings is 2. The molecule has 0 aromatic carbocycles. The van der Waals surface area contributed by atoms with Crippen LogP contribution in [-0.2, 0) is 11.8 Å². The number of hydrogen-bond donors (Lipinski definition) is 2. The van der Waals surface area contributed by atoms with Gasteiger partial charge in [0.05, 0.1) is 17.7 Å². The molecule has 0 aliphatic carbocycles. The zero-order chi connectivity index (χ0) is 18.7. The number of carbonyl (C=O) groups is 2. The van der Waals surface area contributed by atoms with E-state index in [1.165, 1.54) is 9.47 Å². The highest BCUT2D eigenvalue weighted by Crippen LogP contribution is 2.38. The zero-order valence-electron chi connectivity index (χ0n) is 14.1. The molecule has 0 spiro atoms. The normalized spacial score (nSPS) is 22.0. The number of nitrogens with one attached hydrogen (secondary N) is 1. The van der Waals surface area contributed by atoms with Gasteiger partial charge in [-0.3, -0.25) is 9.59 Å². The smallest absolute Gasteiger partial charge is 0.407 e. The van der Waals surface area contributed by atoms with Crippen LogP contribution in [0.1, 0.15) is 6.92 Å². The van der Waals surface area contributed by atoms with E-state index in [0.717, 1.165) is 0 Å². The first-order valence-corrected chi connectivity index (χ1v) is 8.85. The summed E-state index contributed by atoms with van der Waals surface area (Å²) in [5, 5.41) is 12.0. The fourth-order valence-corrected chi connectivity index (χ4v) is 3.99. The maximum absolute atomic E-state index is 12.8. The molecule has 2 aliphatic rings. The average Bonchev–Trinajstić information content (AvgIpc) is 2.58. The van der Waals surface area contributed by atoms with E-state index in [9.17, 15) is 19.5 Å². The van der Waals surface area contributed by atoms with Crippen LogP contribution in [0, 0.1) is 0 Å². The van der Waals surface area contributed by atoms with Gasteiger partial charge < -0.3 is 24.8 Å². The van der Waals surface area contributed by atoms with E-state index in [-0.39, 0.29) is 29.7 Å². The topological polar surface area (TPSA) is 108 Å². The molecule has 0 radical (unpaired) electrons. The highest BCUT2D eigenvalue weighted by molar-refractivity contribution is 9.10. The van der Waals surface area contributed by atoms with Gasteiger partial charge >= 0.3 is 6.09 Å². The molecule has 2 aliphatic heterocycles. The van der Waals surface area contributed by atoms with Crippen LogP contribution in [0.2, 0.25) is 0 Å². The molecule has 136 valence electrons. The third-order valence-electron chi connectivity index (χ3n) is 5.00. The van der Waals surface area contributed by atoms with Gasteiger partial charge in [-0.15, -0.1) is 0 Å². The zero-order valence-corrected chi connectivity index (χ0v) is 15.6. The van der Waals surface area contributed by atoms with Gasteiger partial charge in [0, 0.05) is 19.6 Å². The minimum atomic E-state index is -1.06. The molecule has 0 saturated carbocycles. The minimum Gasteiger partial charge on any atom is -0.465 e. The molecule has 1 unspecified atom stereocenters. The summed E-state index contributed by atoms with van der Waals surface area (Å²) in [6.45, 7) is 2.11. The number of piperazine rings is 1. The van der Waals surface area contributed by atoms with Crippen molar-refractivity contribution >= 4 is 50.3 Å². The maximum Gasteiger partial charge on any atom is 0.407 e. The van der Waals surface area contributed by atoms with E-state index in [1.807, 2.05) is 0 Å². The first-order valence-electron chi connectivity index (χ1n) is 8.06. The van der Waals surface area contributed by atoms with Crippen molar-refractivity contribution in [3.05, 3.63) is 27.1 Å². The molecule has 4 rings (SSSR count). The van der Waals surface area contributed by atoms with Crippen LogP contribution in [0.4, 0.5) is 16.2 Å². The van der Waals surface area contributed by atoms with E-state index in [0.29, 0.717) is 27.9 Å². The van der Waals surface area contributed by atoms with E-state index in [1.54, 1.807) is 31.0 Å². The molecule has 2 aromatic heterocycles. The molecule has 2 N–H and O–H groups in total. The first kappa shape index (κ1) is 16.8. The molecule has 1 fully saturated rings. The number of carboxylic acid groups (broad SMARTS) is 1. The lowest BCUT2D eigenvalue weighted by molar-refractivity contribution is -0.118. The second-order valence-corrected chi connectivity index (χ2v) is 7.34. The van der Waals surface area contributed by atoms with E-state index in [4.69, 9.17) is 0 Å². The van der Waals surface area contributed by atoms with Gasteiger partial charge in [0.25, 0.3) is 5.56 Å². The molecular weight excluding hydrogens is 406 g/mol. The van der Waals surface area contributed by atoms with Crippen LogP contribution in [0.15, 0.2) is 21.5 Å². The van der Waals surface area contributed by atoms with Gasteiger partial charge in [0.15, 0.2) is 0 Å². The number of amides is 2. The minimum absolute atomic E-state index is 0.0342. The van der Waals surface area contributed by atoms with Gasteiger partial charge in [-0.1, -0.05) is 0 Å². The van der Waals surface area contributed by atoms with E-state index < -0.39 is 12.1 Å². The highest BCUT2D eigenvalue weighted by atomic mass is 79.9. The van der Waals surface area contributed by atoms with Crippen LogP contribution in [0.5, 0.6) is 0 Å². The SMILES string of the molecule is CC1CN2c3c(c(=O)n(C)c4ccc(Br)nc34)NC(=O)[C@H]2CN1C(=O)O. The van der Waals surface area contributed by atoms with Crippen molar-refractivity contribution in [2.45, 2.75) is 19.0 Å². The predicted octanol–water partition coefficient (Wildman–Crippen LogP) is 1.21. The number of aromatic nitrogens is 2. The Morgan fingerprint density at radius 1 is 1.35 bits per heavy atom. The monoisotopic (exact) mass is 421 g/mol. The first-order chi connectivity index (χ1) is 12.3. The summed E-state index contributed by atoms with van der Waals surface area (Å²) in [7, 11) is 1.63. The standard InChI is InChI=1S/C16H16BrN5O4/c1-7-5-22-9(6-21(7)16(25)26)14(23)19-12-13(22)11-8(20(2)15(12)24)3-4-10(17)18-11/h3-4,7,9H,5-6H2,1-2H3,(H,19,23)(H,25,26)/t7?,9-/m1/s1. The molecule has 9 nitrogen and oxygen atoms in total. The molecular formula is C16H16BrN5O4. The molecule has 4 heterocycles. The van der Waals surface area contributed by atoms with Gasteiger partial charge in [0.1, 0.15) is 21.8 Å². The predicted molar refractivity (Wildman–Crippen MR) is 98.6 cm³/mol. The molecule has 2 amide bonds. The Morgan fingerprint density at radius 2 is 2.08 bits per heavy atom. The van der Waals surface area contributed by atoms with Crippen LogP contribution in [0.3, 0.4) is 0 Å². The number of aryl methyl sites for hydroxylation is 1. The van der Waals surface area contributed by atoms with Crippen molar-refractivity contribution in [1.29, 1.82) is 0 Å². The van der Waals surface area contributed by atoms with Crippen molar-refractivity contribution in [1.82, 2.24) is 14.5 Å². The van der Waals surface area contributed by atoms with Crippen molar-refractivity contribution in [2.24, 2.45) is 7.05 Å². The summed E-state index contributed by atoms with van der Waals surface area (Å²) in [4.78, 5) is 44.4. The number of halogens is 1. The Balaban J connectivity index is 1.97. The largest absolute Gasteiger partial charge is 0.465 e. The van der Waals surface area contributed by atoms with Crippen LogP contribution in [0.25, 0.3) is 11.0 Å². The lowest BCUT2D eigenvalue weighted by Gasteiger charge is -2.47. The lowest BCUT2D eigenvalue weighted by Crippen LogP contribution is -2.64. The number of rotatable bonds is 0. The second kappa shape index (κ2) is 5.70. The molecule has 0 bridgehead atoms. The highest BCUT2D eigenvalue weighted by Gasteiger charge is 2.43. The van der Waals surface area contributed by atoms with Crippen LogP contribution in [-0.4, -0.2) is 56.7 Å². The van der Waals surface area contributed by atoms with Crippen molar-refractivity contribution in [2.75, 3.05) is 23.3 Å². The van der Waals surface area contributed by atoms with Gasteiger partial charge in [-0.05, 0) is 35.0 Å². The Hall–Kier alpha value is -2.62. The Kier molecular flexibility index (Phi) is 3.69. The summed E-state index contributed by atoms with van der Waals surface area (Å²) in [6, 6.07) is 2.51. The Labute approximate surface area is 156 Å². The van der Waals surface area contributed by atoms with E-state index >= 15 is 0 Å². The molecule has 1 saturated heterocycles. The molecule has 26 heavy (non-hydrogen) atoms. The number of carbonyl (C=O) groups excluding carboxylic acids is 1. The summed E-state index contributed by atoms with van der Waals surface area (Å²) < 4.78 is 2.06. The van der Waals surface area contributed by atoms with Crippen molar-refractivity contribution < 1.29 is 14.7 Å². The van der Waals surface area contributed by atoms with Crippen LogP contribution >= 0.6 is 15.9 Å². The third-order valence-corrected chi connectivity index (χ3v) is 5.45. The quantitative estimate of drug-likeness (QED) is 0.618. The number of anilines is 2. The van der Waals surface area contributed by atoms with Gasteiger partial charge in [-0.25, -0.2) is 9.78 Å². The summed E-state index contributed by atoms with van der Waals surface area (Å²) in [5.41, 5.74) is 1.63. The summed E-state index contributed by atoms with van der Waals surface area (Å²) in [6.07, 6.45) is -1.06. The molecule has 2 atom stereocenters. The molecule has 2 aromatic rings. The Bertz CT molecular complexity index is 1020. The van der Waals surface area contributed by atoms with Gasteiger partial charge in [-0.2, -0.15) is 0 Å². The summed E-state index contributed by atoms with van der Waals surface area (Å²) in [5.74, 6) is -0.387. The van der Waals surface area contributed by atoms with Crippen molar-refractivity contribution in [3.8, 4) is 0 Å². The maximum atomic E-state index is 12.8. The fraction of sp³-hybridized carbons (Fsp3) is 0.375. The van der Waals surface area contributed by atoms with E-state index in [2.05, 4.69) is 26.2 Å². The van der Waals surface area contributed by atoms with Crippen molar-refractivity contribution in [3.63, 3.8) is 0 Å². The second-order valence-electron chi connectivity index (χ2n) is 6.53. The van der Waals surface area contributed by atoms with Crippen LogP contribution < -0.4 is 15.8 Å². The summed E-state index contributed by atoms with van der Waals surface area (Å²) >= 11 is 3.35. The number of hydrogen-bond acceptors (Lipinski definition) is 5. The fourth-order valence-electron chi connectivity index (χ4n) is 3.68. The average molecular weight is 422 g/mol. The third kappa shape index (κ3) is 2.28.